The maximum Gasteiger partial charge on any atom is 0.246 e. The summed E-state index contributed by atoms with van der Waals surface area (Å²) >= 11 is 0. The molecule has 2 unspecified atom stereocenters. The number of rotatable bonds is 5. The quantitative estimate of drug-likeness (QED) is 0.712. The van der Waals surface area contributed by atoms with Crippen molar-refractivity contribution in [2.45, 2.75) is 31.7 Å². The van der Waals surface area contributed by atoms with E-state index in [1.165, 1.54) is 17.4 Å². The van der Waals surface area contributed by atoms with Crippen molar-refractivity contribution in [2.75, 3.05) is 6.61 Å². The molecule has 1 aromatic heterocycles. The Morgan fingerprint density at radius 1 is 1.19 bits per heavy atom. The Balaban J connectivity index is 1.27. The zero-order valence-electron chi connectivity index (χ0n) is 17.2. The average Bonchev–Trinajstić information content (AvgIpc) is 3.28. The number of ether oxygens (including phenoxy) is 1. The van der Waals surface area contributed by atoms with Crippen LogP contribution in [0.25, 0.3) is 0 Å². The Bertz CT molecular complexity index is 1090. The number of nitrogens with zero attached hydrogens (tertiary/aromatic N) is 5. The van der Waals surface area contributed by atoms with Crippen molar-refractivity contribution < 1.29 is 18.3 Å². The first-order valence-corrected chi connectivity index (χ1v) is 10.7. The molecule has 4 aliphatic rings. The molecule has 1 aromatic carbocycles. The smallest absolute Gasteiger partial charge is 0.246 e. The summed E-state index contributed by atoms with van der Waals surface area (Å²) in [7, 11) is 0. The van der Waals surface area contributed by atoms with E-state index in [1.807, 2.05) is 6.07 Å². The second-order valence-corrected chi connectivity index (χ2v) is 8.65. The van der Waals surface area contributed by atoms with Crippen LogP contribution in [-0.2, 0) is 4.79 Å². The highest BCUT2D eigenvalue weighted by Crippen LogP contribution is 2.53. The van der Waals surface area contributed by atoms with Crippen LogP contribution in [0.15, 0.2) is 35.7 Å². The molecule has 1 aliphatic heterocycles. The van der Waals surface area contributed by atoms with Gasteiger partial charge in [-0.1, -0.05) is 0 Å². The van der Waals surface area contributed by atoms with Crippen LogP contribution in [0.1, 0.15) is 43.0 Å². The number of carbonyl (C=O) groups is 1. The molecule has 0 N–H and O–H groups in total. The zero-order valence-corrected chi connectivity index (χ0v) is 17.2. The predicted octanol–water partition coefficient (Wildman–Crippen LogP) is 3.63. The predicted molar refractivity (Wildman–Crippen MR) is 109 cm³/mol. The largest absolute Gasteiger partial charge is 0.476 e. The second kappa shape index (κ2) is 8.26. The monoisotopic (exact) mass is 437 g/mol. The van der Waals surface area contributed by atoms with Crippen LogP contribution in [-0.4, -0.2) is 33.7 Å². The van der Waals surface area contributed by atoms with E-state index in [9.17, 15) is 13.6 Å². The average molecular weight is 437 g/mol. The van der Waals surface area contributed by atoms with Crippen LogP contribution < -0.4 is 4.74 Å². The van der Waals surface area contributed by atoms with Gasteiger partial charge in [-0.05, 0) is 55.2 Å². The third kappa shape index (κ3) is 3.70. The van der Waals surface area contributed by atoms with E-state index < -0.39 is 17.7 Å². The number of halogens is 2. The summed E-state index contributed by atoms with van der Waals surface area (Å²) in [6, 6.07) is 4.59. The molecule has 7 nitrogen and oxygen atoms in total. The lowest BCUT2D eigenvalue weighted by Crippen LogP contribution is -2.50. The zero-order chi connectivity index (χ0) is 22.2. The molecule has 2 heterocycles. The van der Waals surface area contributed by atoms with E-state index in [4.69, 9.17) is 10.00 Å². The Kier molecular flexibility index (Phi) is 5.29. The minimum atomic E-state index is -0.625. The molecule has 0 spiro atoms. The van der Waals surface area contributed by atoms with Gasteiger partial charge in [0.05, 0.1) is 25.0 Å². The first-order chi connectivity index (χ1) is 15.5. The van der Waals surface area contributed by atoms with E-state index in [0.29, 0.717) is 31.2 Å². The lowest BCUT2D eigenvalue weighted by molar-refractivity contribution is -0.148. The lowest BCUT2D eigenvalue weighted by atomic mass is 9.55. The number of carbonyl (C=O) groups excluding carboxylic acids is 1. The summed E-state index contributed by atoms with van der Waals surface area (Å²) in [6.45, 7) is 0.410. The van der Waals surface area contributed by atoms with Crippen LogP contribution in [0.4, 0.5) is 8.78 Å². The fraction of sp³-hybridized carbons (Fsp3) is 0.435. The maximum absolute atomic E-state index is 14.4. The third-order valence-electron chi connectivity index (χ3n) is 6.88. The van der Waals surface area contributed by atoms with Crippen LogP contribution in [0, 0.1) is 46.6 Å². The molecule has 2 aromatic rings. The first kappa shape index (κ1) is 20.5. The molecule has 0 saturated heterocycles. The fourth-order valence-electron chi connectivity index (χ4n) is 5.10. The fourth-order valence-corrected chi connectivity index (χ4v) is 5.10. The molecule has 3 saturated carbocycles. The number of aromatic nitrogens is 2. The van der Waals surface area contributed by atoms with Gasteiger partial charge in [0.25, 0.3) is 0 Å². The summed E-state index contributed by atoms with van der Waals surface area (Å²) < 4.78 is 33.9. The molecule has 0 radical (unpaired) electrons. The lowest BCUT2D eigenvalue weighted by Gasteiger charge is -2.51. The molecule has 32 heavy (non-hydrogen) atoms. The minimum absolute atomic E-state index is 0.140. The number of benzene rings is 1. The van der Waals surface area contributed by atoms with Gasteiger partial charge >= 0.3 is 0 Å². The van der Waals surface area contributed by atoms with Gasteiger partial charge in [0.1, 0.15) is 17.7 Å². The van der Waals surface area contributed by atoms with Gasteiger partial charge in [-0.3, -0.25) is 4.79 Å². The highest BCUT2D eigenvalue weighted by atomic mass is 19.1. The summed E-state index contributed by atoms with van der Waals surface area (Å²) in [5.74, 6) is -0.137. The number of nitriles is 1. The van der Waals surface area contributed by atoms with Crippen LogP contribution in [0.3, 0.4) is 0 Å². The van der Waals surface area contributed by atoms with Crippen molar-refractivity contribution in [2.24, 2.45) is 28.8 Å². The van der Waals surface area contributed by atoms with Gasteiger partial charge in [-0.2, -0.15) is 10.4 Å². The number of amides is 1. The van der Waals surface area contributed by atoms with E-state index in [-0.39, 0.29) is 34.9 Å². The summed E-state index contributed by atoms with van der Waals surface area (Å²) in [5, 5.41) is 14.4. The van der Waals surface area contributed by atoms with Gasteiger partial charge < -0.3 is 4.74 Å². The van der Waals surface area contributed by atoms with Crippen LogP contribution >= 0.6 is 0 Å². The molecule has 6 rings (SSSR count). The highest BCUT2D eigenvalue weighted by Gasteiger charge is 2.50. The minimum Gasteiger partial charge on any atom is -0.476 e. The molecular formula is C23H21F2N5O2. The Morgan fingerprint density at radius 3 is 2.78 bits per heavy atom. The molecular weight excluding hydrogens is 416 g/mol. The van der Waals surface area contributed by atoms with E-state index in [2.05, 4.69) is 15.1 Å². The molecule has 1 amide bonds. The normalized spacial score (nSPS) is 28.2. The van der Waals surface area contributed by atoms with Crippen molar-refractivity contribution >= 4 is 12.1 Å². The highest BCUT2D eigenvalue weighted by molar-refractivity contribution is 5.82. The Hall–Kier alpha value is -3.41. The van der Waals surface area contributed by atoms with E-state index in [0.717, 1.165) is 31.0 Å². The maximum atomic E-state index is 14.4. The van der Waals surface area contributed by atoms with Crippen molar-refractivity contribution in [1.29, 1.82) is 5.26 Å². The van der Waals surface area contributed by atoms with E-state index in [1.54, 1.807) is 6.21 Å². The molecule has 9 heteroatoms. The van der Waals surface area contributed by atoms with Crippen molar-refractivity contribution in [3.8, 4) is 11.9 Å². The standard InChI is InChI=1S/C23H21F2N5O2/c24-16-1-2-20(25)19(8-16)21-3-4-29-30(21)23(31)18-7-15(13-5-14(18)6-13)12-32-22-11-27-17(9-26)10-28-22/h1-2,4,8,10-11,13-15,18,21H,3,5-7,12H2/t13?,14?,15-,18?,21?/m0/s1. The van der Waals surface area contributed by atoms with Gasteiger partial charge in [-0.25, -0.2) is 23.8 Å². The van der Waals surface area contributed by atoms with Gasteiger partial charge in [0.2, 0.25) is 11.8 Å². The number of hydrazone groups is 1. The summed E-state index contributed by atoms with van der Waals surface area (Å²) in [5.41, 5.74) is 0.371. The van der Waals surface area contributed by atoms with Crippen molar-refractivity contribution in [3.63, 3.8) is 0 Å². The molecule has 3 aliphatic carbocycles. The number of hydrogen-bond acceptors (Lipinski definition) is 6. The SMILES string of the molecule is N#Cc1cnc(OC[C@@H]2CC(C(=O)N3N=CCC3c3cc(F)ccc3F)C3CC2C3)cn1. The van der Waals surface area contributed by atoms with Gasteiger partial charge in [-0.15, -0.1) is 0 Å². The summed E-state index contributed by atoms with van der Waals surface area (Å²) in [6.07, 6.45) is 7.27. The Morgan fingerprint density at radius 2 is 2.03 bits per heavy atom. The molecule has 164 valence electrons. The number of fused-ring (bicyclic) bond motifs is 2. The van der Waals surface area contributed by atoms with Crippen molar-refractivity contribution in [3.05, 3.63) is 53.5 Å². The third-order valence-corrected chi connectivity index (χ3v) is 6.88. The van der Waals surface area contributed by atoms with Gasteiger partial charge in [0.15, 0.2) is 5.69 Å². The molecule has 2 bridgehead atoms. The summed E-state index contributed by atoms with van der Waals surface area (Å²) in [4.78, 5) is 21.4. The van der Waals surface area contributed by atoms with E-state index >= 15 is 0 Å². The van der Waals surface area contributed by atoms with Crippen LogP contribution in [0.2, 0.25) is 0 Å². The molecule has 3 fully saturated rings. The molecule has 3 atom stereocenters. The second-order valence-electron chi connectivity index (χ2n) is 8.65. The van der Waals surface area contributed by atoms with Crippen LogP contribution in [0.5, 0.6) is 5.88 Å². The van der Waals surface area contributed by atoms with Gasteiger partial charge in [0, 0.05) is 24.1 Å². The Labute approximate surface area is 183 Å². The topological polar surface area (TPSA) is 91.5 Å². The first-order valence-electron chi connectivity index (χ1n) is 10.7. The van der Waals surface area contributed by atoms with Crippen molar-refractivity contribution in [1.82, 2.24) is 15.0 Å². The number of hydrogen-bond donors (Lipinski definition) is 0.